The molecule has 0 radical (unpaired) electrons. The van der Waals surface area contributed by atoms with Gasteiger partial charge in [0.15, 0.2) is 0 Å². The standard InChI is InChI=1S/C8H10N2O/c1-2-8(10-9-4-1)7-3-5-11-6-7/h1-2,4,7H,3,5-6H2. The fraction of sp³-hybridized carbons (Fsp3) is 0.500. The van der Waals surface area contributed by atoms with Crippen LogP contribution in [0.1, 0.15) is 18.0 Å². The molecule has 58 valence electrons. The van der Waals surface area contributed by atoms with Crippen molar-refractivity contribution in [3.8, 4) is 0 Å². The smallest absolute Gasteiger partial charge is 0.0685 e. The molecule has 0 saturated carbocycles. The van der Waals surface area contributed by atoms with Crippen LogP contribution >= 0.6 is 0 Å². The molecule has 1 unspecified atom stereocenters. The fourth-order valence-corrected chi connectivity index (χ4v) is 1.30. The van der Waals surface area contributed by atoms with Crippen molar-refractivity contribution in [1.82, 2.24) is 10.2 Å². The van der Waals surface area contributed by atoms with Crippen LogP contribution in [0.2, 0.25) is 0 Å². The summed E-state index contributed by atoms with van der Waals surface area (Å²) in [5.41, 5.74) is 1.06. The van der Waals surface area contributed by atoms with Crippen molar-refractivity contribution in [2.45, 2.75) is 12.3 Å². The minimum absolute atomic E-state index is 0.476. The van der Waals surface area contributed by atoms with Crippen LogP contribution in [-0.4, -0.2) is 23.4 Å². The van der Waals surface area contributed by atoms with E-state index in [2.05, 4.69) is 10.2 Å². The maximum Gasteiger partial charge on any atom is 0.0685 e. The predicted molar refractivity (Wildman–Crippen MR) is 40.2 cm³/mol. The van der Waals surface area contributed by atoms with E-state index in [-0.39, 0.29) is 0 Å². The summed E-state index contributed by atoms with van der Waals surface area (Å²) >= 11 is 0. The number of ether oxygens (including phenoxy) is 1. The van der Waals surface area contributed by atoms with E-state index in [1.54, 1.807) is 6.20 Å². The summed E-state index contributed by atoms with van der Waals surface area (Å²) in [5.74, 6) is 0.476. The Kier molecular flexibility index (Phi) is 1.81. The van der Waals surface area contributed by atoms with Gasteiger partial charge in [0.2, 0.25) is 0 Å². The van der Waals surface area contributed by atoms with E-state index in [1.165, 1.54) is 0 Å². The molecule has 3 heteroatoms. The lowest BCUT2D eigenvalue weighted by Gasteiger charge is -2.03. The highest BCUT2D eigenvalue weighted by Gasteiger charge is 2.18. The number of hydrogen-bond acceptors (Lipinski definition) is 3. The quantitative estimate of drug-likeness (QED) is 0.598. The van der Waals surface area contributed by atoms with Crippen LogP contribution in [0.25, 0.3) is 0 Å². The van der Waals surface area contributed by atoms with Crippen LogP contribution in [0, 0.1) is 0 Å². The molecule has 1 aromatic heterocycles. The Hall–Kier alpha value is -0.960. The van der Waals surface area contributed by atoms with E-state index in [0.29, 0.717) is 5.92 Å². The van der Waals surface area contributed by atoms with Gasteiger partial charge in [0.05, 0.1) is 12.3 Å². The molecule has 2 heterocycles. The second-order valence-electron chi connectivity index (χ2n) is 2.71. The third-order valence-electron chi connectivity index (χ3n) is 1.94. The van der Waals surface area contributed by atoms with Crippen LogP contribution in [0.3, 0.4) is 0 Å². The van der Waals surface area contributed by atoms with Crippen LogP contribution in [-0.2, 0) is 4.74 Å². The summed E-state index contributed by atoms with van der Waals surface area (Å²) in [7, 11) is 0. The lowest BCUT2D eigenvalue weighted by molar-refractivity contribution is 0.193. The van der Waals surface area contributed by atoms with Gasteiger partial charge in [-0.2, -0.15) is 10.2 Å². The number of hydrogen-bond donors (Lipinski definition) is 0. The highest BCUT2D eigenvalue weighted by Crippen LogP contribution is 2.21. The van der Waals surface area contributed by atoms with Crippen molar-refractivity contribution in [3.63, 3.8) is 0 Å². The summed E-state index contributed by atoms with van der Waals surface area (Å²) in [6, 6.07) is 3.92. The zero-order chi connectivity index (χ0) is 7.52. The van der Waals surface area contributed by atoms with Gasteiger partial charge in [0, 0.05) is 18.7 Å². The average Bonchev–Trinajstić information content (AvgIpc) is 2.58. The maximum atomic E-state index is 5.24. The van der Waals surface area contributed by atoms with Crippen LogP contribution < -0.4 is 0 Å². The SMILES string of the molecule is c1cnnc(C2CCOC2)c1. The van der Waals surface area contributed by atoms with Gasteiger partial charge in [-0.15, -0.1) is 0 Å². The van der Waals surface area contributed by atoms with Crippen molar-refractivity contribution in [2.24, 2.45) is 0 Å². The molecule has 1 atom stereocenters. The first-order valence-electron chi connectivity index (χ1n) is 3.82. The number of aromatic nitrogens is 2. The maximum absolute atomic E-state index is 5.24. The minimum Gasteiger partial charge on any atom is -0.381 e. The Balaban J connectivity index is 2.16. The van der Waals surface area contributed by atoms with E-state index in [0.717, 1.165) is 25.3 Å². The molecular weight excluding hydrogens is 140 g/mol. The van der Waals surface area contributed by atoms with Gasteiger partial charge in [-0.1, -0.05) is 0 Å². The Morgan fingerprint density at radius 2 is 2.55 bits per heavy atom. The first-order valence-corrected chi connectivity index (χ1v) is 3.82. The molecule has 0 N–H and O–H groups in total. The van der Waals surface area contributed by atoms with Crippen LogP contribution in [0.15, 0.2) is 18.3 Å². The zero-order valence-corrected chi connectivity index (χ0v) is 6.23. The predicted octanol–water partition coefficient (Wildman–Crippen LogP) is 0.980. The van der Waals surface area contributed by atoms with Gasteiger partial charge >= 0.3 is 0 Å². The van der Waals surface area contributed by atoms with Gasteiger partial charge in [-0.3, -0.25) is 0 Å². The Bertz CT molecular complexity index is 219. The molecule has 0 amide bonds. The van der Waals surface area contributed by atoms with Crippen molar-refractivity contribution in [1.29, 1.82) is 0 Å². The Morgan fingerprint density at radius 3 is 3.18 bits per heavy atom. The molecular formula is C8H10N2O. The summed E-state index contributed by atoms with van der Waals surface area (Å²) in [5, 5.41) is 7.85. The van der Waals surface area contributed by atoms with Gasteiger partial charge < -0.3 is 4.74 Å². The zero-order valence-electron chi connectivity index (χ0n) is 6.23. The Morgan fingerprint density at radius 1 is 1.55 bits per heavy atom. The number of nitrogens with zero attached hydrogens (tertiary/aromatic N) is 2. The van der Waals surface area contributed by atoms with E-state index in [9.17, 15) is 0 Å². The van der Waals surface area contributed by atoms with Crippen molar-refractivity contribution < 1.29 is 4.74 Å². The molecule has 1 aliphatic rings. The lowest BCUT2D eigenvalue weighted by Crippen LogP contribution is -2.00. The van der Waals surface area contributed by atoms with E-state index in [1.807, 2.05) is 12.1 Å². The highest BCUT2D eigenvalue weighted by molar-refractivity contribution is 5.07. The number of rotatable bonds is 1. The van der Waals surface area contributed by atoms with E-state index in [4.69, 9.17) is 4.74 Å². The topological polar surface area (TPSA) is 35.0 Å². The molecule has 1 aliphatic heterocycles. The second kappa shape index (κ2) is 2.96. The van der Waals surface area contributed by atoms with Crippen molar-refractivity contribution in [2.75, 3.05) is 13.2 Å². The molecule has 0 spiro atoms. The largest absolute Gasteiger partial charge is 0.381 e. The normalized spacial score (nSPS) is 23.8. The molecule has 3 nitrogen and oxygen atoms in total. The molecule has 0 aliphatic carbocycles. The summed E-state index contributed by atoms with van der Waals surface area (Å²) in [6.07, 6.45) is 2.78. The lowest BCUT2D eigenvalue weighted by atomic mass is 10.1. The average molecular weight is 150 g/mol. The van der Waals surface area contributed by atoms with Crippen LogP contribution in [0.5, 0.6) is 0 Å². The van der Waals surface area contributed by atoms with Gasteiger partial charge in [-0.05, 0) is 18.6 Å². The molecule has 1 aromatic rings. The summed E-state index contributed by atoms with van der Waals surface area (Å²) in [6.45, 7) is 1.67. The van der Waals surface area contributed by atoms with Crippen LogP contribution in [0.4, 0.5) is 0 Å². The first kappa shape index (κ1) is 6.73. The van der Waals surface area contributed by atoms with Gasteiger partial charge in [0.25, 0.3) is 0 Å². The van der Waals surface area contributed by atoms with Gasteiger partial charge in [-0.25, -0.2) is 0 Å². The molecule has 11 heavy (non-hydrogen) atoms. The fourth-order valence-electron chi connectivity index (χ4n) is 1.30. The van der Waals surface area contributed by atoms with Gasteiger partial charge in [0.1, 0.15) is 0 Å². The van der Waals surface area contributed by atoms with Crippen molar-refractivity contribution in [3.05, 3.63) is 24.0 Å². The molecule has 0 bridgehead atoms. The Labute approximate surface area is 65.4 Å². The summed E-state index contributed by atoms with van der Waals surface area (Å²) < 4.78 is 5.24. The second-order valence-corrected chi connectivity index (χ2v) is 2.71. The third-order valence-corrected chi connectivity index (χ3v) is 1.94. The molecule has 0 aromatic carbocycles. The minimum atomic E-state index is 0.476. The third kappa shape index (κ3) is 1.38. The van der Waals surface area contributed by atoms with E-state index >= 15 is 0 Å². The summed E-state index contributed by atoms with van der Waals surface area (Å²) in [4.78, 5) is 0. The molecule has 1 fully saturated rings. The first-order chi connectivity index (χ1) is 5.47. The monoisotopic (exact) mass is 150 g/mol. The molecule has 1 saturated heterocycles. The van der Waals surface area contributed by atoms with E-state index < -0.39 is 0 Å². The molecule has 2 rings (SSSR count). The van der Waals surface area contributed by atoms with Crippen molar-refractivity contribution >= 4 is 0 Å². The highest BCUT2D eigenvalue weighted by atomic mass is 16.5.